The Morgan fingerprint density at radius 3 is 2.56 bits per heavy atom. The van der Waals surface area contributed by atoms with Gasteiger partial charge in [-0.25, -0.2) is 4.39 Å². The van der Waals surface area contributed by atoms with Crippen LogP contribution in [0.15, 0.2) is 18.2 Å². The van der Waals surface area contributed by atoms with Gasteiger partial charge < -0.3 is 10.4 Å². The van der Waals surface area contributed by atoms with Crippen LogP contribution in [-0.4, -0.2) is 24.0 Å². The molecule has 1 aromatic carbocycles. The molecule has 0 radical (unpaired) electrons. The molecule has 1 amide bonds. The Hall–Kier alpha value is -1.62. The zero-order valence-electron chi connectivity index (χ0n) is 9.96. The van der Waals surface area contributed by atoms with Gasteiger partial charge in [-0.2, -0.15) is 0 Å². The maximum Gasteiger partial charge on any atom is 0.319 e. The molecule has 2 N–H and O–H groups in total. The van der Waals surface area contributed by atoms with Crippen LogP contribution in [0.25, 0.3) is 0 Å². The molecule has 6 heteroatoms. The van der Waals surface area contributed by atoms with Crippen LogP contribution in [0, 0.1) is 11.2 Å². The molecule has 0 saturated carbocycles. The first-order chi connectivity index (χ1) is 8.31. The summed E-state index contributed by atoms with van der Waals surface area (Å²) in [5.41, 5.74) is -1.13. The number of carboxylic acids is 1. The molecule has 1 unspecified atom stereocenters. The Kier molecular flexibility index (Phi) is 4.29. The zero-order chi connectivity index (χ0) is 13.9. The van der Waals surface area contributed by atoms with Crippen molar-refractivity contribution in [3.05, 3.63) is 34.6 Å². The van der Waals surface area contributed by atoms with Crippen LogP contribution < -0.4 is 5.32 Å². The second-order valence-electron chi connectivity index (χ2n) is 4.14. The van der Waals surface area contributed by atoms with Gasteiger partial charge >= 0.3 is 5.97 Å². The van der Waals surface area contributed by atoms with E-state index in [0.29, 0.717) is 5.56 Å². The maximum absolute atomic E-state index is 13.0. The van der Waals surface area contributed by atoms with Crippen molar-refractivity contribution in [1.29, 1.82) is 0 Å². The third-order valence-electron chi connectivity index (χ3n) is 2.74. The SMILES string of the molecule is CNC(=O)C(C)(Cc1ccc(F)c(Cl)c1)C(=O)O. The number of halogens is 2. The van der Waals surface area contributed by atoms with Gasteiger partial charge in [0.2, 0.25) is 5.91 Å². The molecule has 1 atom stereocenters. The van der Waals surface area contributed by atoms with Crippen molar-refractivity contribution < 1.29 is 19.1 Å². The monoisotopic (exact) mass is 273 g/mol. The molecule has 0 aromatic heterocycles. The Morgan fingerprint density at radius 2 is 2.11 bits per heavy atom. The number of aliphatic carboxylic acids is 1. The summed E-state index contributed by atoms with van der Waals surface area (Å²) >= 11 is 5.61. The van der Waals surface area contributed by atoms with E-state index in [1.807, 2.05) is 0 Å². The summed E-state index contributed by atoms with van der Waals surface area (Å²) in [6, 6.07) is 3.87. The van der Waals surface area contributed by atoms with E-state index in [2.05, 4.69) is 5.32 Å². The van der Waals surface area contributed by atoms with E-state index in [-0.39, 0.29) is 11.4 Å². The fourth-order valence-corrected chi connectivity index (χ4v) is 1.79. The lowest BCUT2D eigenvalue weighted by Gasteiger charge is -2.22. The predicted octanol–water partition coefficient (Wildman–Crippen LogP) is 1.86. The van der Waals surface area contributed by atoms with E-state index in [0.717, 1.165) is 6.07 Å². The molecule has 0 aliphatic carbocycles. The average molecular weight is 274 g/mol. The zero-order valence-corrected chi connectivity index (χ0v) is 10.7. The van der Waals surface area contributed by atoms with Crippen LogP contribution in [-0.2, 0) is 16.0 Å². The minimum atomic E-state index is -1.62. The first-order valence-corrected chi connectivity index (χ1v) is 5.58. The molecule has 0 aliphatic rings. The van der Waals surface area contributed by atoms with E-state index in [1.165, 1.54) is 26.1 Å². The average Bonchev–Trinajstić information content (AvgIpc) is 2.32. The number of nitrogens with one attached hydrogen (secondary N) is 1. The fraction of sp³-hybridized carbons (Fsp3) is 0.333. The smallest absolute Gasteiger partial charge is 0.319 e. The molecule has 1 rings (SSSR count). The van der Waals surface area contributed by atoms with Crippen molar-refractivity contribution >= 4 is 23.5 Å². The Morgan fingerprint density at radius 1 is 1.50 bits per heavy atom. The summed E-state index contributed by atoms with van der Waals surface area (Å²) in [5, 5.41) is 11.4. The van der Waals surface area contributed by atoms with Crippen LogP contribution in [0.2, 0.25) is 5.02 Å². The highest BCUT2D eigenvalue weighted by molar-refractivity contribution is 6.30. The number of benzene rings is 1. The fourth-order valence-electron chi connectivity index (χ4n) is 1.59. The lowest BCUT2D eigenvalue weighted by molar-refractivity contribution is -0.154. The number of rotatable bonds is 4. The standard InChI is InChI=1S/C12H13ClFNO3/c1-12(11(17)18,10(16)15-2)6-7-3-4-9(14)8(13)5-7/h3-5H,6H2,1-2H3,(H,15,16)(H,17,18). The highest BCUT2D eigenvalue weighted by atomic mass is 35.5. The van der Waals surface area contributed by atoms with Crippen molar-refractivity contribution in [1.82, 2.24) is 5.32 Å². The van der Waals surface area contributed by atoms with Crippen LogP contribution >= 0.6 is 11.6 Å². The molecule has 1 aromatic rings. The molecular formula is C12H13ClFNO3. The quantitative estimate of drug-likeness (QED) is 0.823. The summed E-state index contributed by atoms with van der Waals surface area (Å²) in [6.07, 6.45) is -0.0675. The van der Waals surface area contributed by atoms with Crippen molar-refractivity contribution in [2.45, 2.75) is 13.3 Å². The Labute approximate surface area is 109 Å². The third kappa shape index (κ3) is 2.79. The second kappa shape index (κ2) is 5.35. The minimum absolute atomic E-state index is 0.0675. The first kappa shape index (κ1) is 14.4. The van der Waals surface area contributed by atoms with Gasteiger partial charge in [0.05, 0.1) is 5.02 Å². The third-order valence-corrected chi connectivity index (χ3v) is 3.03. The number of carbonyl (C=O) groups excluding carboxylic acids is 1. The number of amides is 1. The number of carbonyl (C=O) groups is 2. The van der Waals surface area contributed by atoms with Gasteiger partial charge in [0.1, 0.15) is 11.2 Å². The minimum Gasteiger partial charge on any atom is -0.480 e. The van der Waals surface area contributed by atoms with Crippen LogP contribution in [0.4, 0.5) is 4.39 Å². The molecule has 0 spiro atoms. The van der Waals surface area contributed by atoms with E-state index >= 15 is 0 Å². The molecule has 4 nitrogen and oxygen atoms in total. The van der Waals surface area contributed by atoms with Gasteiger partial charge in [-0.15, -0.1) is 0 Å². The Balaban J connectivity index is 3.08. The van der Waals surface area contributed by atoms with Gasteiger partial charge in [-0.05, 0) is 31.0 Å². The summed E-state index contributed by atoms with van der Waals surface area (Å²) in [4.78, 5) is 22.8. The maximum atomic E-state index is 13.0. The van der Waals surface area contributed by atoms with Crippen LogP contribution in [0.3, 0.4) is 0 Å². The highest BCUT2D eigenvalue weighted by Crippen LogP contribution is 2.26. The number of carboxylic acid groups (broad SMARTS) is 1. The topological polar surface area (TPSA) is 66.4 Å². The number of hydrogen-bond donors (Lipinski definition) is 2. The molecule has 0 aliphatic heterocycles. The van der Waals surface area contributed by atoms with Gasteiger partial charge in [0, 0.05) is 7.05 Å². The molecule has 0 bridgehead atoms. The highest BCUT2D eigenvalue weighted by Gasteiger charge is 2.40. The summed E-state index contributed by atoms with van der Waals surface area (Å²) in [6.45, 7) is 1.31. The molecule has 98 valence electrons. The van der Waals surface area contributed by atoms with Crippen molar-refractivity contribution in [3.63, 3.8) is 0 Å². The summed E-state index contributed by atoms with van der Waals surface area (Å²) in [5.74, 6) is -2.45. The van der Waals surface area contributed by atoms with Crippen LogP contribution in [0.5, 0.6) is 0 Å². The van der Waals surface area contributed by atoms with E-state index in [9.17, 15) is 14.0 Å². The predicted molar refractivity (Wildman–Crippen MR) is 64.9 cm³/mol. The van der Waals surface area contributed by atoms with Gasteiger partial charge in [-0.3, -0.25) is 9.59 Å². The normalized spacial score (nSPS) is 13.8. The molecule has 18 heavy (non-hydrogen) atoms. The summed E-state index contributed by atoms with van der Waals surface area (Å²) < 4.78 is 13.0. The largest absolute Gasteiger partial charge is 0.480 e. The van der Waals surface area contributed by atoms with Crippen LogP contribution in [0.1, 0.15) is 12.5 Å². The van der Waals surface area contributed by atoms with Gasteiger partial charge in [0.15, 0.2) is 0 Å². The lowest BCUT2D eigenvalue weighted by atomic mass is 9.82. The van der Waals surface area contributed by atoms with Crippen molar-refractivity contribution in [2.24, 2.45) is 5.41 Å². The van der Waals surface area contributed by atoms with Crippen molar-refractivity contribution in [3.8, 4) is 0 Å². The number of hydrogen-bond acceptors (Lipinski definition) is 2. The molecule has 0 fully saturated rings. The van der Waals surface area contributed by atoms with Gasteiger partial charge in [-0.1, -0.05) is 17.7 Å². The summed E-state index contributed by atoms with van der Waals surface area (Å²) in [7, 11) is 1.36. The molecular weight excluding hydrogens is 261 g/mol. The van der Waals surface area contributed by atoms with Crippen molar-refractivity contribution in [2.75, 3.05) is 7.05 Å². The van der Waals surface area contributed by atoms with Gasteiger partial charge in [0.25, 0.3) is 0 Å². The first-order valence-electron chi connectivity index (χ1n) is 5.20. The Bertz CT molecular complexity index is 492. The van der Waals surface area contributed by atoms with E-state index in [4.69, 9.17) is 16.7 Å². The second-order valence-corrected chi connectivity index (χ2v) is 4.55. The van der Waals surface area contributed by atoms with E-state index in [1.54, 1.807) is 0 Å². The molecule has 0 heterocycles. The lowest BCUT2D eigenvalue weighted by Crippen LogP contribution is -2.44. The molecule has 0 saturated heterocycles. The van der Waals surface area contributed by atoms with E-state index < -0.39 is 23.1 Å².